The van der Waals surface area contributed by atoms with Crippen molar-refractivity contribution in [3.05, 3.63) is 65.5 Å². The Hall–Kier alpha value is -3.24. The third-order valence-corrected chi connectivity index (χ3v) is 6.08. The van der Waals surface area contributed by atoms with Gasteiger partial charge in [-0.25, -0.2) is 4.39 Å². The lowest BCUT2D eigenvalue weighted by molar-refractivity contribution is -0.0520. The molecule has 34 heavy (non-hydrogen) atoms. The molecule has 2 atom stereocenters. The van der Waals surface area contributed by atoms with E-state index in [1.54, 1.807) is 17.0 Å². The highest BCUT2D eigenvalue weighted by molar-refractivity contribution is 5.94. The van der Waals surface area contributed by atoms with Gasteiger partial charge in [-0.05, 0) is 48.5 Å². The van der Waals surface area contributed by atoms with Crippen molar-refractivity contribution in [2.24, 2.45) is 0 Å². The number of nitrogens with zero attached hydrogens (tertiary/aromatic N) is 1. The summed E-state index contributed by atoms with van der Waals surface area (Å²) >= 11 is 0. The highest BCUT2D eigenvalue weighted by Gasteiger charge is 2.39. The van der Waals surface area contributed by atoms with Crippen LogP contribution in [0.4, 0.5) is 13.2 Å². The summed E-state index contributed by atoms with van der Waals surface area (Å²) in [5, 5.41) is 0. The van der Waals surface area contributed by atoms with Crippen molar-refractivity contribution < 1.29 is 37.0 Å². The number of hydrogen-bond donors (Lipinski definition) is 1. The van der Waals surface area contributed by atoms with Crippen molar-refractivity contribution >= 4 is 11.6 Å². The van der Waals surface area contributed by atoms with Gasteiger partial charge in [0.2, 0.25) is 0 Å². The van der Waals surface area contributed by atoms with Crippen molar-refractivity contribution in [3.63, 3.8) is 0 Å². The lowest BCUT2D eigenvalue weighted by atomic mass is 10.0. The van der Waals surface area contributed by atoms with Gasteiger partial charge in [0.15, 0.2) is 11.5 Å². The van der Waals surface area contributed by atoms with Gasteiger partial charge in [0, 0.05) is 37.1 Å². The number of carbonyl (C=O) groups is 1. The Balaban J connectivity index is 1.32. The molecule has 2 aromatic carbocycles. The number of amides is 1. The molecule has 3 heterocycles. The topological polar surface area (TPSA) is 69.3 Å². The number of ether oxygens (including phenoxy) is 3. The molecular weight excluding hydrogens is 453 g/mol. The molecule has 180 valence electrons. The molecule has 1 amide bonds. The fourth-order valence-electron chi connectivity index (χ4n) is 4.30. The van der Waals surface area contributed by atoms with E-state index in [1.165, 1.54) is 30.3 Å². The Bertz CT molecular complexity index is 1090. The molecule has 10 heteroatoms. The zero-order valence-corrected chi connectivity index (χ0v) is 18.1. The second kappa shape index (κ2) is 9.19. The van der Waals surface area contributed by atoms with Crippen LogP contribution in [-0.2, 0) is 9.57 Å². The summed E-state index contributed by atoms with van der Waals surface area (Å²) in [6.07, 6.45) is 2.72. The van der Waals surface area contributed by atoms with Crippen LogP contribution in [0.15, 0.2) is 48.5 Å². The smallest absolute Gasteiger partial charge is 0.387 e. The molecule has 1 N–H and O–H groups in total. The fourth-order valence-corrected chi connectivity index (χ4v) is 4.30. The van der Waals surface area contributed by atoms with E-state index in [1.807, 2.05) is 6.08 Å². The molecule has 2 aromatic rings. The molecule has 7 nitrogen and oxygen atoms in total. The zero-order valence-electron chi connectivity index (χ0n) is 18.1. The maximum atomic E-state index is 13.2. The largest absolute Gasteiger partial charge is 0.485 e. The molecule has 0 aromatic heterocycles. The number of alkyl halides is 2. The predicted molar refractivity (Wildman–Crippen MR) is 115 cm³/mol. The molecule has 3 aliphatic heterocycles. The molecule has 0 saturated carbocycles. The number of carbonyl (C=O) groups excluding carboxylic acids is 1. The number of hydroxylamine groups is 1. The average Bonchev–Trinajstić information content (AvgIpc) is 3.57. The van der Waals surface area contributed by atoms with Crippen molar-refractivity contribution in [2.75, 3.05) is 26.3 Å². The first-order valence-corrected chi connectivity index (χ1v) is 11.0. The normalized spacial score (nSPS) is 23.9. The summed E-state index contributed by atoms with van der Waals surface area (Å²) in [4.78, 5) is 20.0. The van der Waals surface area contributed by atoms with E-state index in [9.17, 15) is 18.0 Å². The van der Waals surface area contributed by atoms with E-state index in [0.29, 0.717) is 49.4 Å². The third kappa shape index (κ3) is 4.69. The van der Waals surface area contributed by atoms with Gasteiger partial charge < -0.3 is 19.1 Å². The molecule has 2 fully saturated rings. The first kappa shape index (κ1) is 22.5. The van der Waals surface area contributed by atoms with Crippen LogP contribution in [-0.4, -0.2) is 55.4 Å². The molecule has 5 rings (SSSR count). The van der Waals surface area contributed by atoms with Crippen LogP contribution in [0.5, 0.6) is 11.5 Å². The molecule has 1 unspecified atom stereocenters. The Morgan fingerprint density at radius 2 is 2.00 bits per heavy atom. The Kier molecular flexibility index (Phi) is 6.09. The van der Waals surface area contributed by atoms with Crippen LogP contribution in [0, 0.1) is 5.82 Å². The number of likely N-dealkylation sites (tertiary alicyclic amines) is 1. The number of nitrogens with one attached hydrogen (secondary N) is 1. The van der Waals surface area contributed by atoms with Gasteiger partial charge in [-0.1, -0.05) is 0 Å². The number of rotatable bonds is 6. The van der Waals surface area contributed by atoms with Gasteiger partial charge in [0.05, 0.1) is 18.8 Å². The van der Waals surface area contributed by atoms with Gasteiger partial charge in [-0.15, -0.1) is 0 Å². The second-order valence-electron chi connectivity index (χ2n) is 8.46. The van der Waals surface area contributed by atoms with Crippen molar-refractivity contribution in [3.8, 4) is 11.5 Å². The quantitative estimate of drug-likeness (QED) is 0.685. The molecule has 0 radical (unpaired) electrons. The van der Waals surface area contributed by atoms with Crippen LogP contribution >= 0.6 is 0 Å². The van der Waals surface area contributed by atoms with E-state index in [2.05, 4.69) is 10.2 Å². The highest BCUT2D eigenvalue weighted by Crippen LogP contribution is 2.37. The number of hydrogen-bond acceptors (Lipinski definition) is 6. The highest BCUT2D eigenvalue weighted by atomic mass is 19.3. The number of benzene rings is 2. The summed E-state index contributed by atoms with van der Waals surface area (Å²) in [6.45, 7) is -1.30. The third-order valence-electron chi connectivity index (χ3n) is 6.08. The molecule has 1 spiro atoms. The summed E-state index contributed by atoms with van der Waals surface area (Å²) < 4.78 is 55.2. The van der Waals surface area contributed by atoms with Crippen LogP contribution in [0.3, 0.4) is 0 Å². The van der Waals surface area contributed by atoms with Gasteiger partial charge in [0.25, 0.3) is 5.91 Å². The van der Waals surface area contributed by atoms with Crippen molar-refractivity contribution in [2.45, 2.75) is 31.2 Å². The second-order valence-corrected chi connectivity index (χ2v) is 8.46. The van der Waals surface area contributed by atoms with Gasteiger partial charge >= 0.3 is 6.61 Å². The number of halogens is 3. The summed E-state index contributed by atoms with van der Waals surface area (Å²) in [7, 11) is 0. The lowest BCUT2D eigenvalue weighted by Gasteiger charge is -2.19. The minimum absolute atomic E-state index is 0.0968. The molecule has 0 bridgehead atoms. The minimum Gasteiger partial charge on any atom is -0.485 e. The van der Waals surface area contributed by atoms with Crippen LogP contribution in [0.25, 0.3) is 5.70 Å². The van der Waals surface area contributed by atoms with E-state index in [-0.39, 0.29) is 24.0 Å². The predicted octanol–water partition coefficient (Wildman–Crippen LogP) is 3.76. The lowest BCUT2D eigenvalue weighted by Crippen LogP contribution is -2.31. The van der Waals surface area contributed by atoms with Crippen LogP contribution < -0.4 is 15.0 Å². The molecular formula is C24H23F3N2O5. The van der Waals surface area contributed by atoms with Gasteiger partial charge in [0.1, 0.15) is 17.5 Å². The Morgan fingerprint density at radius 1 is 1.18 bits per heavy atom. The fraction of sp³-hybridized carbons (Fsp3) is 0.375. The maximum absolute atomic E-state index is 13.2. The van der Waals surface area contributed by atoms with Crippen molar-refractivity contribution in [1.29, 1.82) is 0 Å². The Labute approximate surface area is 194 Å². The zero-order chi connectivity index (χ0) is 23.7. The summed E-state index contributed by atoms with van der Waals surface area (Å²) in [5.41, 5.74) is 4.08. The monoisotopic (exact) mass is 476 g/mol. The maximum Gasteiger partial charge on any atom is 0.387 e. The minimum atomic E-state index is -3.01. The average molecular weight is 476 g/mol. The van der Waals surface area contributed by atoms with E-state index < -0.39 is 24.1 Å². The van der Waals surface area contributed by atoms with Crippen LogP contribution in [0.2, 0.25) is 0 Å². The Morgan fingerprint density at radius 3 is 2.74 bits per heavy atom. The van der Waals surface area contributed by atoms with Gasteiger partial charge in [-0.3, -0.25) is 15.1 Å². The SMILES string of the molecule is O=C(c1ccc(F)cc1)N1CC[C@@H](Oc2cc(C3=CC4(CCOC4)ON3)ccc2OC(F)F)C1. The standard InChI is InChI=1S/C24H23F3N2O5/c25-17-4-1-15(2-5-17)22(30)29-9-7-18(13-29)32-21-11-16(3-6-20(21)33-23(26)27)19-12-24(34-28-19)8-10-31-14-24/h1-6,11-12,18,23,28H,7-10,13-14H2/t18-,24?/m1/s1. The molecule has 0 aliphatic carbocycles. The van der Waals surface area contributed by atoms with E-state index in [0.717, 1.165) is 0 Å². The van der Waals surface area contributed by atoms with Gasteiger partial charge in [-0.2, -0.15) is 8.78 Å². The molecule has 2 saturated heterocycles. The van der Waals surface area contributed by atoms with Crippen LogP contribution in [0.1, 0.15) is 28.8 Å². The first-order chi connectivity index (χ1) is 16.4. The van der Waals surface area contributed by atoms with E-state index >= 15 is 0 Å². The first-order valence-electron chi connectivity index (χ1n) is 11.0. The van der Waals surface area contributed by atoms with E-state index in [4.69, 9.17) is 14.3 Å². The molecule has 3 aliphatic rings. The van der Waals surface area contributed by atoms with Crippen molar-refractivity contribution in [1.82, 2.24) is 10.4 Å². The summed E-state index contributed by atoms with van der Waals surface area (Å²) in [6, 6.07) is 9.99. The summed E-state index contributed by atoms with van der Waals surface area (Å²) in [5.74, 6) is -0.620.